The summed E-state index contributed by atoms with van der Waals surface area (Å²) in [5.74, 6) is -0.366. The molecule has 0 aliphatic rings. The summed E-state index contributed by atoms with van der Waals surface area (Å²) in [5, 5.41) is 4.18. The molecule has 0 N–H and O–H groups in total. The molecule has 0 spiro atoms. The molecule has 142 valence electrons. The molecule has 0 aliphatic carbocycles. The normalized spacial score (nSPS) is 14.3. The van der Waals surface area contributed by atoms with Crippen LogP contribution in [0, 0.1) is 6.92 Å². The second-order valence-electron chi connectivity index (χ2n) is 5.89. The summed E-state index contributed by atoms with van der Waals surface area (Å²) < 4.78 is 45.4. The fourth-order valence-electron chi connectivity index (χ4n) is 2.15. The van der Waals surface area contributed by atoms with Gasteiger partial charge in [-0.2, -0.15) is 13.2 Å². The van der Waals surface area contributed by atoms with Crippen molar-refractivity contribution in [1.82, 2.24) is 14.8 Å². The van der Waals surface area contributed by atoms with Gasteiger partial charge in [-0.05, 0) is 44.5 Å². The van der Waals surface area contributed by atoms with Crippen LogP contribution >= 0.6 is 31.9 Å². The third-order valence-electron chi connectivity index (χ3n) is 3.24. The Morgan fingerprint density at radius 3 is 2.46 bits per heavy atom. The van der Waals surface area contributed by atoms with E-state index in [1.807, 2.05) is 0 Å². The second kappa shape index (κ2) is 8.08. The number of nitrogens with zero attached hydrogens (tertiary/aromatic N) is 3. The molecular formula is C16H16Br2F3N3O2. The van der Waals surface area contributed by atoms with Crippen molar-refractivity contribution in [2.24, 2.45) is 0 Å². The largest absolute Gasteiger partial charge is 0.462 e. The van der Waals surface area contributed by atoms with Gasteiger partial charge in [0.05, 0.1) is 11.7 Å². The molecule has 1 aromatic carbocycles. The number of rotatable bonds is 5. The van der Waals surface area contributed by atoms with Gasteiger partial charge >= 0.3 is 12.1 Å². The predicted molar refractivity (Wildman–Crippen MR) is 97.1 cm³/mol. The molecule has 2 aromatic rings. The number of carbonyl (C=O) groups is 1. The third kappa shape index (κ3) is 5.06. The van der Waals surface area contributed by atoms with E-state index >= 15 is 0 Å². The summed E-state index contributed by atoms with van der Waals surface area (Å²) in [6.45, 7) is 5.02. The zero-order valence-corrected chi connectivity index (χ0v) is 17.3. The highest BCUT2D eigenvalue weighted by Gasteiger charge is 2.32. The smallest absolute Gasteiger partial charge is 0.416 e. The average Bonchev–Trinajstić information content (AvgIpc) is 3.01. The molecule has 10 heteroatoms. The van der Waals surface area contributed by atoms with E-state index in [-0.39, 0.29) is 17.5 Å². The van der Waals surface area contributed by atoms with Crippen molar-refractivity contribution in [2.75, 3.05) is 0 Å². The highest BCUT2D eigenvalue weighted by atomic mass is 79.9. The maximum atomic E-state index is 13.0. The topological polar surface area (TPSA) is 57.0 Å². The highest BCUT2D eigenvalue weighted by Crippen LogP contribution is 2.33. The monoisotopic (exact) mass is 497 g/mol. The van der Waals surface area contributed by atoms with Crippen molar-refractivity contribution in [2.45, 2.75) is 42.8 Å². The molecule has 2 atom stereocenters. The molecular weight excluding hydrogens is 483 g/mol. The van der Waals surface area contributed by atoms with Crippen LogP contribution in [0.2, 0.25) is 0 Å². The van der Waals surface area contributed by atoms with Crippen molar-refractivity contribution in [3.8, 4) is 11.4 Å². The molecule has 26 heavy (non-hydrogen) atoms. The van der Waals surface area contributed by atoms with Crippen LogP contribution in [-0.4, -0.2) is 31.7 Å². The Balaban J connectivity index is 2.27. The molecule has 0 radical (unpaired) electrons. The first kappa shape index (κ1) is 20.9. The zero-order chi connectivity index (χ0) is 19.6. The summed E-state index contributed by atoms with van der Waals surface area (Å²) in [4.78, 5) is 14.6. The Morgan fingerprint density at radius 1 is 1.23 bits per heavy atom. The number of hydrogen-bond donors (Lipinski definition) is 0. The fraction of sp³-hybridized carbons (Fsp3) is 0.438. The Kier molecular flexibility index (Phi) is 6.49. The SMILES string of the molecule is Cc1cc(-c2ncn(C(Br)C(Br)C(=O)OC(C)C)n2)cc(C(F)(F)F)c1. The summed E-state index contributed by atoms with van der Waals surface area (Å²) >= 11 is 6.55. The number of aromatic nitrogens is 3. The molecule has 2 unspecified atom stereocenters. The number of ether oxygens (including phenoxy) is 1. The molecule has 5 nitrogen and oxygen atoms in total. The van der Waals surface area contributed by atoms with E-state index in [1.54, 1.807) is 26.8 Å². The van der Waals surface area contributed by atoms with Crippen LogP contribution in [0.1, 0.15) is 29.9 Å². The molecule has 0 amide bonds. The Bertz CT molecular complexity index is 793. The number of benzene rings is 1. The summed E-state index contributed by atoms with van der Waals surface area (Å²) in [6.07, 6.45) is -3.40. The van der Waals surface area contributed by atoms with Crippen LogP contribution in [0.25, 0.3) is 11.4 Å². The zero-order valence-electron chi connectivity index (χ0n) is 14.1. The van der Waals surface area contributed by atoms with Crippen molar-refractivity contribution in [3.05, 3.63) is 35.7 Å². The van der Waals surface area contributed by atoms with Crippen LogP contribution in [0.3, 0.4) is 0 Å². The molecule has 0 aliphatic heterocycles. The van der Waals surface area contributed by atoms with Crippen molar-refractivity contribution in [1.29, 1.82) is 0 Å². The lowest BCUT2D eigenvalue weighted by molar-refractivity contribution is -0.146. The predicted octanol–water partition coefficient (Wildman–Crippen LogP) is 4.88. The Morgan fingerprint density at radius 2 is 1.88 bits per heavy atom. The third-order valence-corrected chi connectivity index (χ3v) is 5.77. The van der Waals surface area contributed by atoms with E-state index in [9.17, 15) is 18.0 Å². The average molecular weight is 499 g/mol. The van der Waals surface area contributed by atoms with Gasteiger partial charge < -0.3 is 4.74 Å². The van der Waals surface area contributed by atoms with Crippen molar-refractivity contribution in [3.63, 3.8) is 0 Å². The summed E-state index contributed by atoms with van der Waals surface area (Å²) in [7, 11) is 0. The molecule has 2 rings (SSSR count). The minimum absolute atomic E-state index is 0.126. The number of carbonyl (C=O) groups excluding carboxylic acids is 1. The molecule has 0 fully saturated rings. The molecule has 1 heterocycles. The van der Waals surface area contributed by atoms with Crippen molar-refractivity contribution < 1.29 is 22.7 Å². The number of esters is 1. The Hall–Kier alpha value is -1.42. The highest BCUT2D eigenvalue weighted by molar-refractivity contribution is 9.12. The van der Waals surface area contributed by atoms with E-state index in [1.165, 1.54) is 11.0 Å². The second-order valence-corrected chi connectivity index (χ2v) is 7.82. The number of hydrogen-bond acceptors (Lipinski definition) is 4. The van der Waals surface area contributed by atoms with Gasteiger partial charge in [-0.15, -0.1) is 5.10 Å². The van der Waals surface area contributed by atoms with Crippen LogP contribution in [0.4, 0.5) is 13.2 Å². The lowest BCUT2D eigenvalue weighted by Gasteiger charge is -2.17. The Labute approximate surface area is 165 Å². The van der Waals surface area contributed by atoms with Crippen LogP contribution in [0.15, 0.2) is 24.5 Å². The van der Waals surface area contributed by atoms with E-state index in [0.717, 1.165) is 12.1 Å². The fourth-order valence-corrected chi connectivity index (χ4v) is 2.91. The van der Waals surface area contributed by atoms with E-state index in [2.05, 4.69) is 41.9 Å². The van der Waals surface area contributed by atoms with Gasteiger partial charge in [-0.25, -0.2) is 9.67 Å². The van der Waals surface area contributed by atoms with Gasteiger partial charge in [0.25, 0.3) is 0 Å². The lowest BCUT2D eigenvalue weighted by Crippen LogP contribution is -2.27. The summed E-state index contributed by atoms with van der Waals surface area (Å²) in [6, 6.07) is 3.62. The first-order chi connectivity index (χ1) is 12.0. The first-order valence-corrected chi connectivity index (χ1v) is 9.41. The van der Waals surface area contributed by atoms with E-state index in [0.29, 0.717) is 5.56 Å². The molecule has 1 aromatic heterocycles. The minimum atomic E-state index is -4.46. The van der Waals surface area contributed by atoms with Crippen LogP contribution in [-0.2, 0) is 15.7 Å². The van der Waals surface area contributed by atoms with Gasteiger partial charge in [0.15, 0.2) is 5.82 Å². The number of aryl methyl sites for hydroxylation is 1. The van der Waals surface area contributed by atoms with Gasteiger partial charge in [0, 0.05) is 5.56 Å². The summed E-state index contributed by atoms with van der Waals surface area (Å²) in [5.41, 5.74) is -0.0785. The lowest BCUT2D eigenvalue weighted by atomic mass is 10.1. The quantitative estimate of drug-likeness (QED) is 0.435. The number of halogens is 5. The first-order valence-electron chi connectivity index (χ1n) is 7.58. The molecule has 0 saturated heterocycles. The minimum Gasteiger partial charge on any atom is -0.462 e. The van der Waals surface area contributed by atoms with Crippen LogP contribution in [0.5, 0.6) is 0 Å². The number of alkyl halides is 5. The molecule has 0 bridgehead atoms. The standard InChI is InChI=1S/C16H16Br2F3N3O2/c1-8(2)26-15(25)12(17)13(18)24-7-22-14(23-24)10-4-9(3)5-11(6-10)16(19,20)21/h4-8,12-13H,1-3H3. The maximum absolute atomic E-state index is 13.0. The van der Waals surface area contributed by atoms with E-state index in [4.69, 9.17) is 4.74 Å². The van der Waals surface area contributed by atoms with Gasteiger partial charge in [0.1, 0.15) is 16.1 Å². The van der Waals surface area contributed by atoms with Gasteiger partial charge in [-0.3, -0.25) is 4.79 Å². The van der Waals surface area contributed by atoms with Gasteiger partial charge in [0.2, 0.25) is 0 Å². The van der Waals surface area contributed by atoms with Crippen LogP contribution < -0.4 is 0 Å². The molecule has 0 saturated carbocycles. The van der Waals surface area contributed by atoms with Crippen molar-refractivity contribution >= 4 is 37.8 Å². The van der Waals surface area contributed by atoms with E-state index < -0.39 is 27.5 Å². The van der Waals surface area contributed by atoms with Gasteiger partial charge in [-0.1, -0.05) is 31.9 Å². The maximum Gasteiger partial charge on any atom is 0.416 e.